The Labute approximate surface area is 149 Å². The zero-order valence-corrected chi connectivity index (χ0v) is 15.4. The van der Waals surface area contributed by atoms with Crippen molar-refractivity contribution in [1.82, 2.24) is 10.6 Å². The molecule has 0 aliphatic carbocycles. The highest BCUT2D eigenvalue weighted by Crippen LogP contribution is 2.13. The molecule has 4 nitrogen and oxygen atoms in total. The van der Waals surface area contributed by atoms with Crippen LogP contribution in [-0.2, 0) is 13.0 Å². The van der Waals surface area contributed by atoms with E-state index >= 15 is 0 Å². The molecule has 0 saturated carbocycles. The molecule has 25 heavy (non-hydrogen) atoms. The average Bonchev–Trinajstić information content (AvgIpc) is 2.59. The molecule has 0 unspecified atom stereocenters. The van der Waals surface area contributed by atoms with Gasteiger partial charge in [-0.15, -0.1) is 0 Å². The summed E-state index contributed by atoms with van der Waals surface area (Å²) in [4.78, 5) is 6.34. The number of nitrogens with zero attached hydrogens (tertiary/aromatic N) is 2. The van der Waals surface area contributed by atoms with Crippen molar-refractivity contribution in [2.75, 3.05) is 32.6 Å². The van der Waals surface area contributed by atoms with Gasteiger partial charge in [-0.1, -0.05) is 18.2 Å². The first kappa shape index (κ1) is 18.8. The van der Waals surface area contributed by atoms with Crippen LogP contribution in [0.5, 0.6) is 0 Å². The lowest BCUT2D eigenvalue weighted by molar-refractivity contribution is 0.625. The molecule has 0 aromatic heterocycles. The highest BCUT2D eigenvalue weighted by Gasteiger charge is 2.03. The molecule has 0 heterocycles. The zero-order valence-electron chi connectivity index (χ0n) is 15.4. The maximum absolute atomic E-state index is 13.1. The van der Waals surface area contributed by atoms with E-state index in [9.17, 15) is 4.39 Å². The fourth-order valence-corrected chi connectivity index (χ4v) is 2.61. The van der Waals surface area contributed by atoms with E-state index < -0.39 is 0 Å². The smallest absolute Gasteiger partial charge is 0.191 e. The topological polar surface area (TPSA) is 39.7 Å². The van der Waals surface area contributed by atoms with Crippen LogP contribution in [0, 0.1) is 12.7 Å². The lowest BCUT2D eigenvalue weighted by Crippen LogP contribution is -2.37. The number of hydrogen-bond donors (Lipinski definition) is 2. The number of aryl methyl sites for hydroxylation is 1. The summed E-state index contributed by atoms with van der Waals surface area (Å²) in [6, 6.07) is 13.3. The summed E-state index contributed by atoms with van der Waals surface area (Å²) in [6.07, 6.45) is 0.822. The molecule has 134 valence electrons. The van der Waals surface area contributed by atoms with E-state index in [0.29, 0.717) is 6.54 Å². The molecule has 2 aromatic rings. The third-order valence-electron chi connectivity index (χ3n) is 4.10. The highest BCUT2D eigenvalue weighted by molar-refractivity contribution is 5.79. The maximum Gasteiger partial charge on any atom is 0.191 e. The molecule has 0 bridgehead atoms. The van der Waals surface area contributed by atoms with E-state index in [1.165, 1.54) is 17.3 Å². The Balaban J connectivity index is 1.83. The van der Waals surface area contributed by atoms with Crippen molar-refractivity contribution in [3.05, 3.63) is 65.0 Å². The molecule has 0 amide bonds. The molecule has 2 N–H and O–H groups in total. The second-order valence-corrected chi connectivity index (χ2v) is 6.24. The zero-order chi connectivity index (χ0) is 18.2. The Hall–Kier alpha value is -2.56. The predicted octanol–water partition coefficient (Wildman–Crippen LogP) is 3.11. The van der Waals surface area contributed by atoms with E-state index in [-0.39, 0.29) is 5.82 Å². The minimum absolute atomic E-state index is 0.188. The number of rotatable bonds is 6. The van der Waals surface area contributed by atoms with Crippen LogP contribution in [-0.4, -0.2) is 33.6 Å². The standard InChI is InChI=1S/C20H27FN4/c1-15-12-18(21)9-8-17(15)10-11-23-20(22-2)24-14-16-6-5-7-19(13-16)25(3)4/h5-9,12-13H,10-11,14H2,1-4H3,(H2,22,23,24). The highest BCUT2D eigenvalue weighted by atomic mass is 19.1. The van der Waals surface area contributed by atoms with Gasteiger partial charge in [-0.05, 0) is 54.3 Å². The van der Waals surface area contributed by atoms with Gasteiger partial charge in [-0.2, -0.15) is 0 Å². The largest absolute Gasteiger partial charge is 0.378 e. The first-order valence-electron chi connectivity index (χ1n) is 8.45. The van der Waals surface area contributed by atoms with Gasteiger partial charge in [-0.3, -0.25) is 4.99 Å². The molecular formula is C20H27FN4. The number of halogens is 1. The first-order chi connectivity index (χ1) is 12.0. The van der Waals surface area contributed by atoms with Gasteiger partial charge in [0.15, 0.2) is 5.96 Å². The molecule has 5 heteroatoms. The second kappa shape index (κ2) is 9.06. The van der Waals surface area contributed by atoms with Crippen LogP contribution in [0.4, 0.5) is 10.1 Å². The van der Waals surface area contributed by atoms with Crippen molar-refractivity contribution in [2.24, 2.45) is 4.99 Å². The van der Waals surface area contributed by atoms with E-state index in [1.807, 2.05) is 27.1 Å². The van der Waals surface area contributed by atoms with E-state index in [2.05, 4.69) is 44.8 Å². The number of benzene rings is 2. The summed E-state index contributed by atoms with van der Waals surface area (Å²) < 4.78 is 13.1. The maximum atomic E-state index is 13.1. The summed E-state index contributed by atoms with van der Waals surface area (Å²) in [6.45, 7) is 3.38. The van der Waals surface area contributed by atoms with E-state index in [1.54, 1.807) is 13.1 Å². The van der Waals surface area contributed by atoms with Crippen LogP contribution in [0.25, 0.3) is 0 Å². The minimum atomic E-state index is -0.188. The summed E-state index contributed by atoms with van der Waals surface area (Å²) in [5.74, 6) is 0.571. The van der Waals surface area contributed by atoms with Crippen molar-refractivity contribution in [3.63, 3.8) is 0 Å². The predicted molar refractivity (Wildman–Crippen MR) is 104 cm³/mol. The van der Waals surface area contributed by atoms with Crippen LogP contribution in [0.2, 0.25) is 0 Å². The van der Waals surface area contributed by atoms with Crippen molar-refractivity contribution < 1.29 is 4.39 Å². The van der Waals surface area contributed by atoms with Gasteiger partial charge < -0.3 is 15.5 Å². The van der Waals surface area contributed by atoms with Gasteiger partial charge in [0.05, 0.1) is 0 Å². The molecule has 0 aliphatic heterocycles. The summed E-state index contributed by atoms with van der Waals surface area (Å²) in [5, 5.41) is 6.62. The number of anilines is 1. The molecule has 0 aliphatic rings. The lowest BCUT2D eigenvalue weighted by Gasteiger charge is -2.15. The van der Waals surface area contributed by atoms with Crippen molar-refractivity contribution >= 4 is 11.6 Å². The van der Waals surface area contributed by atoms with Crippen LogP contribution < -0.4 is 15.5 Å². The number of guanidine groups is 1. The van der Waals surface area contributed by atoms with E-state index in [0.717, 1.165) is 30.1 Å². The van der Waals surface area contributed by atoms with Crippen molar-refractivity contribution in [2.45, 2.75) is 19.9 Å². The molecule has 2 aromatic carbocycles. The Bertz CT molecular complexity index is 725. The normalized spacial score (nSPS) is 11.3. The monoisotopic (exact) mass is 342 g/mol. The van der Waals surface area contributed by atoms with Gasteiger partial charge in [0.25, 0.3) is 0 Å². The van der Waals surface area contributed by atoms with Gasteiger partial charge in [0.2, 0.25) is 0 Å². The molecule has 0 atom stereocenters. The Morgan fingerprint density at radius 1 is 1.12 bits per heavy atom. The number of aliphatic imine (C=N–C) groups is 1. The first-order valence-corrected chi connectivity index (χ1v) is 8.45. The van der Waals surface area contributed by atoms with Crippen LogP contribution in [0.15, 0.2) is 47.5 Å². The summed E-state index contributed by atoms with van der Waals surface area (Å²) in [5.41, 5.74) is 4.49. The van der Waals surface area contributed by atoms with Crippen molar-refractivity contribution in [1.29, 1.82) is 0 Å². The average molecular weight is 342 g/mol. The fourth-order valence-electron chi connectivity index (χ4n) is 2.61. The van der Waals surface area contributed by atoms with Gasteiger partial charge in [0, 0.05) is 39.9 Å². The number of nitrogens with one attached hydrogen (secondary N) is 2. The molecule has 0 saturated heterocycles. The summed E-state index contributed by atoms with van der Waals surface area (Å²) in [7, 11) is 5.82. The van der Waals surface area contributed by atoms with Gasteiger partial charge >= 0.3 is 0 Å². The Kier molecular flexibility index (Phi) is 6.81. The van der Waals surface area contributed by atoms with Crippen LogP contribution in [0.1, 0.15) is 16.7 Å². The third kappa shape index (κ3) is 5.78. The fraction of sp³-hybridized carbons (Fsp3) is 0.350. The SMILES string of the molecule is CN=C(NCCc1ccc(F)cc1C)NCc1cccc(N(C)C)c1. The quantitative estimate of drug-likeness (QED) is 0.626. The summed E-state index contributed by atoms with van der Waals surface area (Å²) >= 11 is 0. The second-order valence-electron chi connectivity index (χ2n) is 6.24. The number of hydrogen-bond acceptors (Lipinski definition) is 2. The molecule has 0 radical (unpaired) electrons. The van der Waals surface area contributed by atoms with Crippen LogP contribution >= 0.6 is 0 Å². The molecule has 2 rings (SSSR count). The van der Waals surface area contributed by atoms with Crippen molar-refractivity contribution in [3.8, 4) is 0 Å². The molecule has 0 fully saturated rings. The van der Waals surface area contributed by atoms with Gasteiger partial charge in [0.1, 0.15) is 5.82 Å². The Morgan fingerprint density at radius 2 is 1.92 bits per heavy atom. The minimum Gasteiger partial charge on any atom is -0.378 e. The molecule has 0 spiro atoms. The lowest BCUT2D eigenvalue weighted by atomic mass is 10.1. The third-order valence-corrected chi connectivity index (χ3v) is 4.10. The van der Waals surface area contributed by atoms with E-state index in [4.69, 9.17) is 0 Å². The molecular weight excluding hydrogens is 315 g/mol. The van der Waals surface area contributed by atoms with Crippen LogP contribution in [0.3, 0.4) is 0 Å². The Morgan fingerprint density at radius 3 is 2.60 bits per heavy atom. The van der Waals surface area contributed by atoms with Gasteiger partial charge in [-0.25, -0.2) is 4.39 Å².